The van der Waals surface area contributed by atoms with Crippen molar-refractivity contribution in [2.75, 3.05) is 5.75 Å². The zero-order valence-electron chi connectivity index (χ0n) is 12.6. The van der Waals surface area contributed by atoms with Gasteiger partial charge in [0.25, 0.3) is 0 Å². The van der Waals surface area contributed by atoms with Gasteiger partial charge in [-0.05, 0) is 29.8 Å². The number of hydrazine groups is 1. The van der Waals surface area contributed by atoms with Gasteiger partial charge in [-0.1, -0.05) is 30.0 Å². The van der Waals surface area contributed by atoms with E-state index >= 15 is 0 Å². The van der Waals surface area contributed by atoms with Crippen molar-refractivity contribution in [1.29, 1.82) is 0 Å². The molecule has 0 aliphatic carbocycles. The van der Waals surface area contributed by atoms with Crippen LogP contribution in [0.1, 0.15) is 5.56 Å². The first-order chi connectivity index (χ1) is 11.6. The molecule has 0 radical (unpaired) electrons. The number of hydrogen-bond donors (Lipinski definition) is 5. The first-order valence-corrected chi connectivity index (χ1v) is 8.20. The maximum absolute atomic E-state index is 11.8. The fourth-order valence-electron chi connectivity index (χ4n) is 2.09. The molecule has 3 rings (SSSR count). The van der Waals surface area contributed by atoms with Crippen LogP contribution in [0.3, 0.4) is 0 Å². The summed E-state index contributed by atoms with van der Waals surface area (Å²) in [6.07, 6.45) is 0. The highest BCUT2D eigenvalue weighted by atomic mass is 32.2. The van der Waals surface area contributed by atoms with Crippen LogP contribution in [-0.2, 0) is 11.3 Å². The van der Waals surface area contributed by atoms with Crippen LogP contribution in [0, 0.1) is 0 Å². The van der Waals surface area contributed by atoms with Crippen molar-refractivity contribution < 1.29 is 15.0 Å². The number of aromatic nitrogens is 2. The molecule has 0 bridgehead atoms. The summed E-state index contributed by atoms with van der Waals surface area (Å²) in [6, 6.07) is 12.1. The van der Waals surface area contributed by atoms with Crippen LogP contribution in [0.2, 0.25) is 0 Å². The van der Waals surface area contributed by atoms with Crippen LogP contribution in [0.15, 0.2) is 47.6 Å². The molecule has 0 fully saturated rings. The maximum Gasteiger partial charge on any atom is 0.244 e. The third-order valence-electron chi connectivity index (χ3n) is 3.27. The molecule has 24 heavy (non-hydrogen) atoms. The van der Waals surface area contributed by atoms with Crippen LogP contribution < -0.4 is 10.9 Å². The molecular weight excluding hydrogens is 328 g/mol. The zero-order chi connectivity index (χ0) is 16.9. The van der Waals surface area contributed by atoms with E-state index in [0.29, 0.717) is 11.7 Å². The van der Waals surface area contributed by atoms with Crippen molar-refractivity contribution in [1.82, 2.24) is 20.8 Å². The highest BCUT2D eigenvalue weighted by molar-refractivity contribution is 7.99. The van der Waals surface area contributed by atoms with Crippen LogP contribution in [-0.4, -0.2) is 31.8 Å². The molecule has 1 aromatic heterocycles. The second-order valence-corrected chi connectivity index (χ2v) is 6.04. The van der Waals surface area contributed by atoms with Gasteiger partial charge in [-0.3, -0.25) is 10.2 Å². The van der Waals surface area contributed by atoms with Crippen molar-refractivity contribution in [3.05, 3.63) is 48.0 Å². The Labute approximate surface area is 142 Å². The summed E-state index contributed by atoms with van der Waals surface area (Å²) in [7, 11) is 0. The first-order valence-electron chi connectivity index (χ1n) is 7.22. The molecule has 2 aromatic carbocycles. The Morgan fingerprint density at radius 2 is 2.00 bits per heavy atom. The van der Waals surface area contributed by atoms with Gasteiger partial charge in [-0.2, -0.15) is 0 Å². The number of aromatic hydroxyl groups is 2. The Kier molecular flexibility index (Phi) is 4.88. The van der Waals surface area contributed by atoms with E-state index in [1.807, 2.05) is 24.3 Å². The standard InChI is InChI=1S/C16H16N4O3S/c21-13-6-5-10(7-14(13)22)8-17-20-15(23)9-24-16-18-11-3-1-2-4-12(11)19-16/h1-7,17,21-22H,8-9H2,(H,18,19)(H,20,23). The number of rotatable bonds is 6. The van der Waals surface area contributed by atoms with Crippen LogP contribution >= 0.6 is 11.8 Å². The number of hydrogen-bond acceptors (Lipinski definition) is 6. The molecule has 0 aliphatic rings. The zero-order valence-corrected chi connectivity index (χ0v) is 13.4. The van der Waals surface area contributed by atoms with Gasteiger partial charge >= 0.3 is 0 Å². The topological polar surface area (TPSA) is 110 Å². The summed E-state index contributed by atoms with van der Waals surface area (Å²) in [5.74, 6) is -0.345. The number of aromatic amines is 1. The van der Waals surface area contributed by atoms with E-state index in [-0.39, 0.29) is 23.2 Å². The van der Waals surface area contributed by atoms with Gasteiger partial charge < -0.3 is 15.2 Å². The smallest absolute Gasteiger partial charge is 0.244 e. The SMILES string of the molecule is O=C(CSc1nc2ccccc2[nH]1)NNCc1ccc(O)c(O)c1. The lowest BCUT2D eigenvalue weighted by Gasteiger charge is -2.07. The molecule has 5 N–H and O–H groups in total. The van der Waals surface area contributed by atoms with Crippen LogP contribution in [0.5, 0.6) is 11.5 Å². The highest BCUT2D eigenvalue weighted by Crippen LogP contribution is 2.24. The predicted octanol–water partition coefficient (Wildman–Crippen LogP) is 1.89. The van der Waals surface area contributed by atoms with Gasteiger partial charge in [0.05, 0.1) is 16.8 Å². The quantitative estimate of drug-likeness (QED) is 0.265. The number of phenols is 2. The normalized spacial score (nSPS) is 10.8. The van der Waals surface area contributed by atoms with E-state index < -0.39 is 0 Å². The Hall–Kier alpha value is -2.71. The Morgan fingerprint density at radius 1 is 1.17 bits per heavy atom. The summed E-state index contributed by atoms with van der Waals surface area (Å²) in [5, 5.41) is 19.3. The average Bonchev–Trinajstić information content (AvgIpc) is 2.99. The van der Waals surface area contributed by atoms with Gasteiger partial charge in [0.2, 0.25) is 5.91 Å². The largest absolute Gasteiger partial charge is 0.504 e. The minimum Gasteiger partial charge on any atom is -0.504 e. The summed E-state index contributed by atoms with van der Waals surface area (Å²) < 4.78 is 0. The third-order valence-corrected chi connectivity index (χ3v) is 4.14. The molecule has 0 unspecified atom stereocenters. The van der Waals surface area contributed by atoms with E-state index in [9.17, 15) is 15.0 Å². The van der Waals surface area contributed by atoms with E-state index in [2.05, 4.69) is 20.8 Å². The Balaban J connectivity index is 1.44. The maximum atomic E-state index is 11.8. The van der Waals surface area contributed by atoms with Crippen molar-refractivity contribution in [3.8, 4) is 11.5 Å². The number of nitrogens with zero attached hydrogens (tertiary/aromatic N) is 1. The lowest BCUT2D eigenvalue weighted by molar-refractivity contribution is -0.119. The lowest BCUT2D eigenvalue weighted by atomic mass is 10.2. The third kappa shape index (κ3) is 3.98. The van der Waals surface area contributed by atoms with Crippen molar-refractivity contribution in [2.45, 2.75) is 11.7 Å². The molecule has 0 spiro atoms. The molecule has 3 aromatic rings. The number of carbonyl (C=O) groups excluding carboxylic acids is 1. The number of fused-ring (bicyclic) bond motifs is 1. The molecule has 0 atom stereocenters. The minimum absolute atomic E-state index is 0.176. The van der Waals surface area contributed by atoms with E-state index in [4.69, 9.17) is 0 Å². The molecule has 0 saturated carbocycles. The van der Waals surface area contributed by atoms with Crippen molar-refractivity contribution in [3.63, 3.8) is 0 Å². The van der Waals surface area contributed by atoms with E-state index in [1.54, 1.807) is 6.07 Å². The van der Waals surface area contributed by atoms with Crippen LogP contribution in [0.4, 0.5) is 0 Å². The molecule has 1 amide bonds. The summed E-state index contributed by atoms with van der Waals surface area (Å²) >= 11 is 1.31. The van der Waals surface area contributed by atoms with E-state index in [0.717, 1.165) is 16.6 Å². The van der Waals surface area contributed by atoms with Gasteiger partial charge in [-0.25, -0.2) is 10.4 Å². The second kappa shape index (κ2) is 7.24. The molecule has 0 aliphatic heterocycles. The minimum atomic E-state index is -0.193. The highest BCUT2D eigenvalue weighted by Gasteiger charge is 2.07. The first kappa shape index (κ1) is 16.2. The number of thioether (sulfide) groups is 1. The Morgan fingerprint density at radius 3 is 2.79 bits per heavy atom. The number of phenolic OH excluding ortho intramolecular Hbond substituents is 2. The molecular formula is C16H16N4O3S. The van der Waals surface area contributed by atoms with Crippen LogP contribution in [0.25, 0.3) is 11.0 Å². The number of H-pyrrole nitrogens is 1. The number of para-hydroxylation sites is 2. The van der Waals surface area contributed by atoms with Gasteiger partial charge in [0.1, 0.15) is 0 Å². The second-order valence-electron chi connectivity index (χ2n) is 5.07. The average molecular weight is 344 g/mol. The fourth-order valence-corrected chi connectivity index (χ4v) is 2.78. The monoisotopic (exact) mass is 344 g/mol. The van der Waals surface area contributed by atoms with Gasteiger partial charge in [0, 0.05) is 6.54 Å². The van der Waals surface area contributed by atoms with Crippen molar-refractivity contribution >= 4 is 28.7 Å². The van der Waals surface area contributed by atoms with Gasteiger partial charge in [0.15, 0.2) is 16.7 Å². The summed E-state index contributed by atoms with van der Waals surface area (Å²) in [5.41, 5.74) is 7.88. The summed E-state index contributed by atoms with van der Waals surface area (Å²) in [4.78, 5) is 19.3. The van der Waals surface area contributed by atoms with Crippen molar-refractivity contribution in [2.24, 2.45) is 0 Å². The number of benzene rings is 2. The summed E-state index contributed by atoms with van der Waals surface area (Å²) in [6.45, 7) is 0.328. The number of amides is 1. The number of nitrogens with one attached hydrogen (secondary N) is 3. The lowest BCUT2D eigenvalue weighted by Crippen LogP contribution is -2.37. The molecule has 1 heterocycles. The molecule has 0 saturated heterocycles. The fraction of sp³-hybridized carbons (Fsp3) is 0.125. The predicted molar refractivity (Wildman–Crippen MR) is 91.6 cm³/mol. The molecule has 7 nitrogen and oxygen atoms in total. The van der Waals surface area contributed by atoms with Gasteiger partial charge in [-0.15, -0.1) is 0 Å². The van der Waals surface area contributed by atoms with E-state index in [1.165, 1.54) is 23.9 Å². The number of carbonyl (C=O) groups is 1. The number of imidazole rings is 1. The Bertz CT molecular complexity index is 832. The molecule has 124 valence electrons. The molecule has 8 heteroatoms.